The van der Waals surface area contributed by atoms with Gasteiger partial charge in [0.2, 0.25) is 0 Å². The molecule has 0 atom stereocenters. The summed E-state index contributed by atoms with van der Waals surface area (Å²) in [5, 5.41) is 16.6. The average Bonchev–Trinajstić information content (AvgIpc) is 2.38. The van der Waals surface area contributed by atoms with Crippen LogP contribution >= 0.6 is 0 Å². The Balaban J connectivity index is 0.000000382. The zero-order chi connectivity index (χ0) is 16.3. The summed E-state index contributed by atoms with van der Waals surface area (Å²) in [4.78, 5) is 10.2. The van der Waals surface area contributed by atoms with Crippen LogP contribution in [0.3, 0.4) is 0 Å². The summed E-state index contributed by atoms with van der Waals surface area (Å²) in [5.74, 6) is -1.47. The van der Waals surface area contributed by atoms with Gasteiger partial charge >= 0.3 is 12.3 Å². The molecular formula is C13H16F4O4. The maximum absolute atomic E-state index is 12.2. The van der Waals surface area contributed by atoms with E-state index in [1.165, 1.54) is 12.1 Å². The number of ether oxygens (including phenoxy) is 1. The number of hydrogen-bond donors (Lipinski definition) is 2. The van der Waals surface area contributed by atoms with Crippen molar-refractivity contribution in [1.29, 1.82) is 0 Å². The minimum Gasteiger partial charge on any atom is -0.478 e. The van der Waals surface area contributed by atoms with E-state index < -0.39 is 18.1 Å². The number of aromatic carboxylic acids is 1. The first kappa shape index (κ1) is 19.3. The molecule has 1 aromatic rings. The zero-order valence-corrected chi connectivity index (χ0v) is 11.1. The molecule has 120 valence electrons. The number of alkyl halides is 3. The highest BCUT2D eigenvalue weighted by atomic mass is 19.4. The van der Waals surface area contributed by atoms with Gasteiger partial charge in [0.1, 0.15) is 5.82 Å². The highest BCUT2D eigenvalue weighted by molar-refractivity contribution is 5.87. The van der Waals surface area contributed by atoms with Crippen molar-refractivity contribution in [3.05, 3.63) is 35.6 Å². The first-order valence-electron chi connectivity index (χ1n) is 6.06. The lowest BCUT2D eigenvalue weighted by molar-refractivity contribution is -0.324. The predicted molar refractivity (Wildman–Crippen MR) is 66.3 cm³/mol. The van der Waals surface area contributed by atoms with E-state index in [1.807, 2.05) is 0 Å². The minimum absolute atomic E-state index is 0.0199. The number of rotatable bonds is 6. The summed E-state index contributed by atoms with van der Waals surface area (Å²) >= 11 is 0. The van der Waals surface area contributed by atoms with E-state index >= 15 is 0 Å². The molecule has 0 unspecified atom stereocenters. The van der Waals surface area contributed by atoms with Crippen molar-refractivity contribution in [2.24, 2.45) is 0 Å². The Morgan fingerprint density at radius 1 is 1.10 bits per heavy atom. The molecule has 0 saturated carbocycles. The summed E-state index contributed by atoms with van der Waals surface area (Å²) in [5.41, 5.74) is 0.0985. The lowest BCUT2D eigenvalue weighted by Gasteiger charge is -2.05. The highest BCUT2D eigenvalue weighted by Crippen LogP contribution is 2.16. The number of hydrogen-bond acceptors (Lipinski definition) is 3. The fourth-order valence-electron chi connectivity index (χ4n) is 1.17. The Kier molecular flexibility index (Phi) is 9.31. The van der Waals surface area contributed by atoms with E-state index in [4.69, 9.17) is 10.2 Å². The van der Waals surface area contributed by atoms with E-state index in [9.17, 15) is 22.4 Å². The largest absolute Gasteiger partial charge is 0.522 e. The molecule has 4 nitrogen and oxygen atoms in total. The molecule has 2 N–H and O–H groups in total. The topological polar surface area (TPSA) is 66.8 Å². The van der Waals surface area contributed by atoms with Crippen LogP contribution in [0.15, 0.2) is 24.3 Å². The summed E-state index contributed by atoms with van der Waals surface area (Å²) < 4.78 is 49.5. The van der Waals surface area contributed by atoms with Gasteiger partial charge in [-0.05, 0) is 43.5 Å². The fourth-order valence-corrected chi connectivity index (χ4v) is 1.17. The molecule has 0 aliphatic carbocycles. The van der Waals surface area contributed by atoms with E-state index in [0.717, 1.165) is 12.1 Å². The summed E-state index contributed by atoms with van der Waals surface area (Å²) in [7, 11) is 0. The number of halogens is 4. The molecule has 8 heteroatoms. The summed E-state index contributed by atoms with van der Waals surface area (Å²) in [6.07, 6.45) is -3.09. The van der Waals surface area contributed by atoms with E-state index in [2.05, 4.69) is 4.74 Å². The maximum Gasteiger partial charge on any atom is 0.522 e. The minimum atomic E-state index is -4.51. The number of aliphatic hydroxyl groups excluding tert-OH is 1. The first-order valence-corrected chi connectivity index (χ1v) is 6.06. The van der Waals surface area contributed by atoms with Crippen LogP contribution in [0.4, 0.5) is 17.6 Å². The van der Waals surface area contributed by atoms with Gasteiger partial charge in [0.25, 0.3) is 0 Å². The Morgan fingerprint density at radius 3 is 2.10 bits per heavy atom. The number of carboxylic acids is 1. The third kappa shape index (κ3) is 11.8. The van der Waals surface area contributed by atoms with Crippen LogP contribution in [0, 0.1) is 5.82 Å². The van der Waals surface area contributed by atoms with Crippen molar-refractivity contribution >= 4 is 5.97 Å². The SMILES string of the molecule is O=C(O)c1ccc(F)cc1.OCCCCCOC(F)(F)F. The highest BCUT2D eigenvalue weighted by Gasteiger charge is 2.28. The van der Waals surface area contributed by atoms with Crippen LogP contribution in [-0.4, -0.2) is 35.8 Å². The second-order valence-electron chi connectivity index (χ2n) is 3.89. The van der Waals surface area contributed by atoms with Gasteiger partial charge in [0.05, 0.1) is 12.2 Å². The monoisotopic (exact) mass is 312 g/mol. The molecule has 0 aromatic heterocycles. The van der Waals surface area contributed by atoms with Gasteiger partial charge < -0.3 is 10.2 Å². The molecule has 21 heavy (non-hydrogen) atoms. The number of aliphatic hydroxyl groups is 1. The van der Waals surface area contributed by atoms with Crippen LogP contribution in [0.1, 0.15) is 29.6 Å². The van der Waals surface area contributed by atoms with Crippen molar-refractivity contribution < 1.29 is 37.3 Å². The normalized spacial score (nSPS) is 10.7. The fraction of sp³-hybridized carbons (Fsp3) is 0.462. The Hall–Kier alpha value is -1.67. The molecule has 0 aliphatic rings. The Morgan fingerprint density at radius 2 is 1.67 bits per heavy atom. The number of unbranched alkanes of at least 4 members (excludes halogenated alkanes) is 2. The number of benzene rings is 1. The van der Waals surface area contributed by atoms with Crippen LogP contribution in [0.5, 0.6) is 0 Å². The predicted octanol–water partition coefficient (Wildman–Crippen LogP) is 3.21. The molecule has 1 aromatic carbocycles. The van der Waals surface area contributed by atoms with Crippen molar-refractivity contribution in [2.75, 3.05) is 13.2 Å². The molecule has 0 radical (unpaired) electrons. The van der Waals surface area contributed by atoms with Crippen LogP contribution < -0.4 is 0 Å². The molecule has 0 bridgehead atoms. The number of carbonyl (C=O) groups is 1. The van der Waals surface area contributed by atoms with Crippen LogP contribution in [0.2, 0.25) is 0 Å². The van der Waals surface area contributed by atoms with Crippen molar-refractivity contribution in [3.63, 3.8) is 0 Å². The second-order valence-corrected chi connectivity index (χ2v) is 3.89. The first-order chi connectivity index (χ1) is 9.76. The quantitative estimate of drug-likeness (QED) is 0.625. The Bertz CT molecular complexity index is 404. The Labute approximate surface area is 119 Å². The molecule has 0 fully saturated rings. The van der Waals surface area contributed by atoms with Gasteiger partial charge in [-0.3, -0.25) is 4.74 Å². The van der Waals surface area contributed by atoms with Gasteiger partial charge in [0.15, 0.2) is 0 Å². The average molecular weight is 312 g/mol. The van der Waals surface area contributed by atoms with Gasteiger partial charge in [0, 0.05) is 6.61 Å². The molecule has 1 rings (SSSR count). The molecule has 0 saturated heterocycles. The summed E-state index contributed by atoms with van der Waals surface area (Å²) in [6.45, 7) is -0.296. The third-order valence-electron chi connectivity index (χ3n) is 2.16. The summed E-state index contributed by atoms with van der Waals surface area (Å²) in [6, 6.07) is 4.67. The van der Waals surface area contributed by atoms with Gasteiger partial charge in [-0.1, -0.05) is 0 Å². The molecule has 0 heterocycles. The smallest absolute Gasteiger partial charge is 0.478 e. The lowest BCUT2D eigenvalue weighted by Crippen LogP contribution is -2.14. The zero-order valence-electron chi connectivity index (χ0n) is 11.1. The lowest BCUT2D eigenvalue weighted by atomic mass is 10.2. The van der Waals surface area contributed by atoms with Crippen molar-refractivity contribution in [3.8, 4) is 0 Å². The van der Waals surface area contributed by atoms with E-state index in [1.54, 1.807) is 0 Å². The standard InChI is InChI=1S/C7H5FO2.C6H11F3O2/c8-6-3-1-5(2-4-6)7(9)10;7-6(8,9)11-5-3-1-2-4-10/h1-4H,(H,9,10);10H,1-5H2. The van der Waals surface area contributed by atoms with Crippen molar-refractivity contribution in [1.82, 2.24) is 0 Å². The van der Waals surface area contributed by atoms with E-state index in [-0.39, 0.29) is 18.8 Å². The maximum atomic E-state index is 12.2. The van der Waals surface area contributed by atoms with Crippen molar-refractivity contribution in [2.45, 2.75) is 25.6 Å². The van der Waals surface area contributed by atoms with Gasteiger partial charge in [-0.15, -0.1) is 13.2 Å². The van der Waals surface area contributed by atoms with Gasteiger partial charge in [-0.25, -0.2) is 9.18 Å². The second kappa shape index (κ2) is 10.1. The molecular weight excluding hydrogens is 296 g/mol. The molecule has 0 spiro atoms. The van der Waals surface area contributed by atoms with E-state index in [0.29, 0.717) is 19.3 Å². The molecule has 0 amide bonds. The van der Waals surface area contributed by atoms with Crippen LogP contribution in [-0.2, 0) is 4.74 Å². The van der Waals surface area contributed by atoms with Gasteiger partial charge in [-0.2, -0.15) is 0 Å². The molecule has 0 aliphatic heterocycles. The number of carboxylic acid groups (broad SMARTS) is 1. The van der Waals surface area contributed by atoms with Crippen LogP contribution in [0.25, 0.3) is 0 Å². The third-order valence-corrected chi connectivity index (χ3v) is 2.16.